The summed E-state index contributed by atoms with van der Waals surface area (Å²) in [6, 6.07) is 0. The van der Waals surface area contributed by atoms with Gasteiger partial charge in [-0.05, 0) is 19.4 Å². The predicted octanol–water partition coefficient (Wildman–Crippen LogP) is 1.00. The van der Waals surface area contributed by atoms with Crippen LogP contribution in [0.15, 0.2) is 12.4 Å². The number of hydrogen-bond donors (Lipinski definition) is 1. The molecule has 1 amide bonds. The molecule has 116 valence electrons. The Morgan fingerprint density at radius 2 is 1.95 bits per heavy atom. The van der Waals surface area contributed by atoms with E-state index in [2.05, 4.69) is 46.0 Å². The van der Waals surface area contributed by atoms with E-state index in [0.717, 1.165) is 38.4 Å². The highest BCUT2D eigenvalue weighted by Gasteiger charge is 2.16. The van der Waals surface area contributed by atoms with Crippen LogP contribution in [-0.4, -0.2) is 60.5 Å². The van der Waals surface area contributed by atoms with Gasteiger partial charge in [-0.2, -0.15) is 0 Å². The molecule has 0 unspecified atom stereocenters. The highest BCUT2D eigenvalue weighted by atomic mass is 16.1. The van der Waals surface area contributed by atoms with Crippen molar-refractivity contribution in [2.24, 2.45) is 5.92 Å². The van der Waals surface area contributed by atoms with Gasteiger partial charge in [-0.1, -0.05) is 13.8 Å². The van der Waals surface area contributed by atoms with Crippen molar-refractivity contribution >= 4 is 11.7 Å². The Labute approximate surface area is 126 Å². The Balaban J connectivity index is 1.88. The number of nitrogens with zero attached hydrogens (tertiary/aromatic N) is 4. The molecule has 1 saturated heterocycles. The van der Waals surface area contributed by atoms with Crippen LogP contribution in [0.3, 0.4) is 0 Å². The summed E-state index contributed by atoms with van der Waals surface area (Å²) < 4.78 is 0. The lowest BCUT2D eigenvalue weighted by molar-refractivity contribution is 0.0946. The second-order valence-corrected chi connectivity index (χ2v) is 5.99. The predicted molar refractivity (Wildman–Crippen MR) is 83.5 cm³/mol. The third-order valence-electron chi connectivity index (χ3n) is 3.71. The first-order chi connectivity index (χ1) is 10.1. The molecule has 0 aromatic carbocycles. The monoisotopic (exact) mass is 291 g/mol. The highest BCUT2D eigenvalue weighted by Crippen LogP contribution is 2.11. The summed E-state index contributed by atoms with van der Waals surface area (Å²) >= 11 is 0. The maximum Gasteiger partial charge on any atom is 0.271 e. The fourth-order valence-corrected chi connectivity index (χ4v) is 2.20. The average molecular weight is 291 g/mol. The lowest BCUT2D eigenvalue weighted by Gasteiger charge is -2.32. The lowest BCUT2D eigenvalue weighted by Crippen LogP contribution is -2.44. The fourth-order valence-electron chi connectivity index (χ4n) is 2.20. The van der Waals surface area contributed by atoms with Gasteiger partial charge in [0.1, 0.15) is 11.5 Å². The number of anilines is 1. The van der Waals surface area contributed by atoms with E-state index in [-0.39, 0.29) is 5.91 Å². The van der Waals surface area contributed by atoms with Crippen LogP contribution in [0.5, 0.6) is 0 Å². The first-order valence-corrected chi connectivity index (χ1v) is 7.60. The Hall–Kier alpha value is -1.69. The number of likely N-dealkylation sites (N-methyl/N-ethyl adjacent to an activating group) is 1. The van der Waals surface area contributed by atoms with Crippen LogP contribution in [0.2, 0.25) is 0 Å². The Bertz CT molecular complexity index is 452. The summed E-state index contributed by atoms with van der Waals surface area (Å²) in [5, 5.41) is 2.87. The number of rotatable bonds is 5. The number of amides is 1. The van der Waals surface area contributed by atoms with Gasteiger partial charge >= 0.3 is 0 Å². The van der Waals surface area contributed by atoms with E-state index in [4.69, 9.17) is 0 Å². The fraction of sp³-hybridized carbons (Fsp3) is 0.667. The van der Waals surface area contributed by atoms with Crippen LogP contribution >= 0.6 is 0 Å². The second-order valence-electron chi connectivity index (χ2n) is 5.99. The second kappa shape index (κ2) is 7.36. The van der Waals surface area contributed by atoms with Crippen molar-refractivity contribution in [3.63, 3.8) is 0 Å². The molecule has 6 nitrogen and oxygen atoms in total. The number of carbonyl (C=O) groups excluding carboxylic acids is 1. The van der Waals surface area contributed by atoms with Crippen LogP contribution in [-0.2, 0) is 0 Å². The maximum atomic E-state index is 11.9. The van der Waals surface area contributed by atoms with E-state index in [1.165, 1.54) is 0 Å². The van der Waals surface area contributed by atoms with E-state index < -0.39 is 0 Å². The van der Waals surface area contributed by atoms with Gasteiger partial charge in [0, 0.05) is 32.7 Å². The van der Waals surface area contributed by atoms with Crippen molar-refractivity contribution in [2.75, 3.05) is 44.7 Å². The molecule has 2 rings (SSSR count). The average Bonchev–Trinajstić information content (AvgIpc) is 2.48. The van der Waals surface area contributed by atoms with Crippen molar-refractivity contribution < 1.29 is 4.79 Å². The van der Waals surface area contributed by atoms with Crippen LogP contribution < -0.4 is 10.2 Å². The van der Waals surface area contributed by atoms with Gasteiger partial charge < -0.3 is 15.1 Å². The molecular weight excluding hydrogens is 266 g/mol. The molecule has 6 heteroatoms. The number of nitrogens with one attached hydrogen (secondary N) is 1. The summed E-state index contributed by atoms with van der Waals surface area (Å²) in [5.41, 5.74) is 0.386. The van der Waals surface area contributed by atoms with E-state index in [1.807, 2.05) is 0 Å². The summed E-state index contributed by atoms with van der Waals surface area (Å²) in [6.45, 7) is 8.90. The summed E-state index contributed by atoms with van der Waals surface area (Å²) in [7, 11) is 2.12. The van der Waals surface area contributed by atoms with Crippen LogP contribution in [0, 0.1) is 5.92 Å². The van der Waals surface area contributed by atoms with Gasteiger partial charge in [-0.3, -0.25) is 4.79 Å². The standard InChI is InChI=1S/C15H25N5O/c1-12(2)4-5-16-15(21)13-10-18-14(11-17-13)20-8-6-19(3)7-9-20/h10-12H,4-9H2,1-3H3,(H,16,21). The molecule has 1 aromatic rings. The number of piperazine rings is 1. The zero-order chi connectivity index (χ0) is 15.2. The van der Waals surface area contributed by atoms with Gasteiger partial charge in [-0.15, -0.1) is 0 Å². The quantitative estimate of drug-likeness (QED) is 0.877. The molecule has 1 aliphatic heterocycles. The Morgan fingerprint density at radius 3 is 2.52 bits per heavy atom. The minimum absolute atomic E-state index is 0.145. The molecule has 0 radical (unpaired) electrons. The molecule has 1 aromatic heterocycles. The van der Waals surface area contributed by atoms with Gasteiger partial charge in [0.15, 0.2) is 0 Å². The third kappa shape index (κ3) is 4.67. The highest BCUT2D eigenvalue weighted by molar-refractivity contribution is 5.91. The zero-order valence-electron chi connectivity index (χ0n) is 13.2. The van der Waals surface area contributed by atoms with Gasteiger partial charge in [0.25, 0.3) is 5.91 Å². The van der Waals surface area contributed by atoms with Gasteiger partial charge in [-0.25, -0.2) is 9.97 Å². The summed E-state index contributed by atoms with van der Waals surface area (Å²) in [4.78, 5) is 25.0. The topological polar surface area (TPSA) is 61.4 Å². The van der Waals surface area contributed by atoms with Crippen molar-refractivity contribution in [3.8, 4) is 0 Å². The SMILES string of the molecule is CC(C)CCNC(=O)c1cnc(N2CCN(C)CC2)cn1. The molecule has 0 saturated carbocycles. The van der Waals surface area contributed by atoms with Crippen LogP contribution in [0.4, 0.5) is 5.82 Å². The summed E-state index contributed by atoms with van der Waals surface area (Å²) in [5.74, 6) is 1.28. The number of carbonyl (C=O) groups is 1. The minimum atomic E-state index is -0.145. The van der Waals surface area contributed by atoms with Crippen LogP contribution in [0.25, 0.3) is 0 Å². The van der Waals surface area contributed by atoms with E-state index in [9.17, 15) is 4.79 Å². The molecule has 21 heavy (non-hydrogen) atoms. The molecule has 0 bridgehead atoms. The molecule has 0 atom stereocenters. The Morgan fingerprint density at radius 1 is 1.24 bits per heavy atom. The first-order valence-electron chi connectivity index (χ1n) is 7.60. The van der Waals surface area contributed by atoms with E-state index in [1.54, 1.807) is 12.4 Å². The van der Waals surface area contributed by atoms with E-state index in [0.29, 0.717) is 18.2 Å². The largest absolute Gasteiger partial charge is 0.353 e. The molecule has 1 N–H and O–H groups in total. The maximum absolute atomic E-state index is 11.9. The summed E-state index contributed by atoms with van der Waals surface area (Å²) in [6.07, 6.45) is 4.24. The van der Waals surface area contributed by atoms with Crippen molar-refractivity contribution in [1.29, 1.82) is 0 Å². The van der Waals surface area contributed by atoms with E-state index >= 15 is 0 Å². The first kappa shape index (κ1) is 15.7. The third-order valence-corrected chi connectivity index (χ3v) is 3.71. The lowest BCUT2D eigenvalue weighted by atomic mass is 10.1. The smallest absolute Gasteiger partial charge is 0.271 e. The molecule has 0 spiro atoms. The van der Waals surface area contributed by atoms with Gasteiger partial charge in [0.2, 0.25) is 0 Å². The molecule has 1 fully saturated rings. The zero-order valence-corrected chi connectivity index (χ0v) is 13.2. The van der Waals surface area contributed by atoms with Crippen LogP contribution in [0.1, 0.15) is 30.8 Å². The van der Waals surface area contributed by atoms with Crippen molar-refractivity contribution in [1.82, 2.24) is 20.2 Å². The molecule has 2 heterocycles. The molecular formula is C15H25N5O. The minimum Gasteiger partial charge on any atom is -0.353 e. The number of hydrogen-bond acceptors (Lipinski definition) is 5. The molecule has 0 aliphatic carbocycles. The van der Waals surface area contributed by atoms with Crippen molar-refractivity contribution in [2.45, 2.75) is 20.3 Å². The Kier molecular flexibility index (Phi) is 5.50. The van der Waals surface area contributed by atoms with Crippen molar-refractivity contribution in [3.05, 3.63) is 18.1 Å². The van der Waals surface area contributed by atoms with Gasteiger partial charge in [0.05, 0.1) is 12.4 Å². The molecule has 1 aliphatic rings. The number of aromatic nitrogens is 2. The normalized spacial score (nSPS) is 16.3.